The summed E-state index contributed by atoms with van der Waals surface area (Å²) in [5, 5.41) is 0. The predicted molar refractivity (Wildman–Crippen MR) is 82.6 cm³/mol. The molecular formula is C14H13BrFNO2S. The molecule has 2 rings (SSSR count). The van der Waals surface area contributed by atoms with Gasteiger partial charge in [-0.05, 0) is 24.6 Å². The Morgan fingerprint density at radius 3 is 2.40 bits per heavy atom. The number of rotatable bonds is 4. The van der Waals surface area contributed by atoms with Crippen molar-refractivity contribution in [2.24, 2.45) is 0 Å². The lowest BCUT2D eigenvalue weighted by Crippen LogP contribution is -2.15. The molecule has 20 heavy (non-hydrogen) atoms. The summed E-state index contributed by atoms with van der Waals surface area (Å²) in [4.78, 5) is 0. The average Bonchev–Trinajstić information content (AvgIpc) is 2.42. The standard InChI is InChI=1S/C14H13BrFNO2S/c1-2-20(18,19)17-13-9-5-7-11(14(13)16)10-6-3-4-8-12(10)15/h3-9,17H,2H2,1H3. The average molecular weight is 358 g/mol. The van der Waals surface area contributed by atoms with Crippen molar-refractivity contribution in [1.29, 1.82) is 0 Å². The molecule has 0 aliphatic rings. The summed E-state index contributed by atoms with van der Waals surface area (Å²) < 4.78 is 40.5. The molecule has 0 fully saturated rings. The molecule has 0 unspecified atom stereocenters. The molecule has 0 bridgehead atoms. The molecule has 0 aliphatic carbocycles. The number of sulfonamides is 1. The first-order valence-electron chi connectivity index (χ1n) is 5.98. The fraction of sp³-hybridized carbons (Fsp3) is 0.143. The summed E-state index contributed by atoms with van der Waals surface area (Å²) in [6.07, 6.45) is 0. The topological polar surface area (TPSA) is 46.2 Å². The SMILES string of the molecule is CCS(=O)(=O)Nc1cccc(-c2ccccc2Br)c1F. The van der Waals surface area contributed by atoms with E-state index in [1.165, 1.54) is 13.0 Å². The van der Waals surface area contributed by atoms with E-state index in [1.807, 2.05) is 6.07 Å². The second kappa shape index (κ2) is 5.93. The van der Waals surface area contributed by atoms with Crippen LogP contribution in [0.2, 0.25) is 0 Å². The number of anilines is 1. The van der Waals surface area contributed by atoms with Crippen LogP contribution in [-0.4, -0.2) is 14.2 Å². The van der Waals surface area contributed by atoms with E-state index < -0.39 is 15.8 Å². The van der Waals surface area contributed by atoms with Crippen LogP contribution in [0.25, 0.3) is 11.1 Å². The molecule has 0 saturated carbocycles. The van der Waals surface area contributed by atoms with E-state index >= 15 is 0 Å². The van der Waals surface area contributed by atoms with Gasteiger partial charge in [-0.15, -0.1) is 0 Å². The van der Waals surface area contributed by atoms with Gasteiger partial charge in [-0.25, -0.2) is 12.8 Å². The van der Waals surface area contributed by atoms with Gasteiger partial charge in [0.15, 0.2) is 5.82 Å². The van der Waals surface area contributed by atoms with Crippen molar-refractivity contribution in [2.45, 2.75) is 6.92 Å². The van der Waals surface area contributed by atoms with Gasteiger partial charge in [0.05, 0.1) is 11.4 Å². The highest BCUT2D eigenvalue weighted by Crippen LogP contribution is 2.32. The Bertz CT molecular complexity index is 732. The molecule has 0 aromatic heterocycles. The minimum atomic E-state index is -3.51. The Morgan fingerprint density at radius 2 is 1.75 bits per heavy atom. The Balaban J connectivity index is 2.51. The lowest BCUT2D eigenvalue weighted by molar-refractivity contribution is 0.600. The van der Waals surface area contributed by atoms with Crippen LogP contribution in [0.4, 0.5) is 10.1 Å². The second-order valence-electron chi connectivity index (χ2n) is 4.15. The van der Waals surface area contributed by atoms with Crippen LogP contribution in [0.3, 0.4) is 0 Å². The highest BCUT2D eigenvalue weighted by Gasteiger charge is 2.15. The maximum Gasteiger partial charge on any atom is 0.232 e. The summed E-state index contributed by atoms with van der Waals surface area (Å²) in [5.41, 5.74) is 0.969. The van der Waals surface area contributed by atoms with Gasteiger partial charge in [-0.3, -0.25) is 4.72 Å². The molecule has 0 spiro atoms. The molecule has 0 heterocycles. The predicted octanol–water partition coefficient (Wildman–Crippen LogP) is 4.02. The molecule has 0 atom stereocenters. The minimum absolute atomic E-state index is 0.0416. The van der Waals surface area contributed by atoms with E-state index in [2.05, 4.69) is 20.7 Å². The van der Waals surface area contributed by atoms with Gasteiger partial charge in [0.25, 0.3) is 0 Å². The molecule has 3 nitrogen and oxygen atoms in total. The van der Waals surface area contributed by atoms with Crippen LogP contribution >= 0.6 is 15.9 Å². The van der Waals surface area contributed by atoms with Crippen molar-refractivity contribution in [3.8, 4) is 11.1 Å². The monoisotopic (exact) mass is 357 g/mol. The van der Waals surface area contributed by atoms with E-state index in [0.717, 1.165) is 4.47 Å². The van der Waals surface area contributed by atoms with Gasteiger partial charge in [0, 0.05) is 10.0 Å². The first-order valence-corrected chi connectivity index (χ1v) is 8.43. The quantitative estimate of drug-likeness (QED) is 0.898. The third-order valence-electron chi connectivity index (χ3n) is 2.81. The first-order chi connectivity index (χ1) is 9.44. The maximum atomic E-state index is 14.5. The molecule has 0 aliphatic heterocycles. The third kappa shape index (κ3) is 3.19. The molecule has 2 aromatic carbocycles. The van der Waals surface area contributed by atoms with Gasteiger partial charge in [0.2, 0.25) is 10.0 Å². The zero-order valence-corrected chi connectivity index (χ0v) is 13.1. The molecular weight excluding hydrogens is 345 g/mol. The first kappa shape index (κ1) is 15.0. The Kier molecular flexibility index (Phi) is 4.45. The summed E-state index contributed by atoms with van der Waals surface area (Å²) in [7, 11) is -3.51. The molecule has 0 radical (unpaired) electrons. The molecule has 1 N–H and O–H groups in total. The summed E-state index contributed by atoms with van der Waals surface area (Å²) in [6, 6.07) is 11.8. The van der Waals surface area contributed by atoms with Crippen LogP contribution in [0.1, 0.15) is 6.92 Å². The number of benzene rings is 2. The van der Waals surface area contributed by atoms with Gasteiger partial charge in [-0.2, -0.15) is 0 Å². The highest BCUT2D eigenvalue weighted by molar-refractivity contribution is 9.10. The Labute approximate surface area is 126 Å². The third-order valence-corrected chi connectivity index (χ3v) is 4.79. The lowest BCUT2D eigenvalue weighted by Gasteiger charge is -2.11. The molecule has 106 valence electrons. The number of hydrogen-bond donors (Lipinski definition) is 1. The number of hydrogen-bond acceptors (Lipinski definition) is 2. The molecule has 6 heteroatoms. The van der Waals surface area contributed by atoms with Crippen LogP contribution in [-0.2, 0) is 10.0 Å². The maximum absolute atomic E-state index is 14.5. The van der Waals surface area contributed by atoms with Crippen molar-refractivity contribution >= 4 is 31.6 Å². The minimum Gasteiger partial charge on any atom is -0.281 e. The van der Waals surface area contributed by atoms with Crippen molar-refractivity contribution in [2.75, 3.05) is 10.5 Å². The smallest absolute Gasteiger partial charge is 0.232 e. The molecule has 2 aromatic rings. The van der Waals surface area contributed by atoms with Crippen molar-refractivity contribution < 1.29 is 12.8 Å². The lowest BCUT2D eigenvalue weighted by atomic mass is 10.0. The normalized spacial score (nSPS) is 11.3. The highest BCUT2D eigenvalue weighted by atomic mass is 79.9. The number of nitrogens with one attached hydrogen (secondary N) is 1. The van der Waals surface area contributed by atoms with Crippen molar-refractivity contribution in [1.82, 2.24) is 0 Å². The summed E-state index contributed by atoms with van der Waals surface area (Å²) in [6.45, 7) is 1.50. The van der Waals surface area contributed by atoms with Gasteiger partial charge < -0.3 is 0 Å². The van der Waals surface area contributed by atoms with E-state index in [0.29, 0.717) is 11.1 Å². The summed E-state index contributed by atoms with van der Waals surface area (Å²) in [5.74, 6) is -0.692. The zero-order valence-electron chi connectivity index (χ0n) is 10.7. The number of halogens is 2. The fourth-order valence-electron chi connectivity index (χ4n) is 1.74. The van der Waals surface area contributed by atoms with E-state index in [9.17, 15) is 12.8 Å². The van der Waals surface area contributed by atoms with E-state index in [4.69, 9.17) is 0 Å². The van der Waals surface area contributed by atoms with Crippen molar-refractivity contribution in [3.63, 3.8) is 0 Å². The largest absolute Gasteiger partial charge is 0.281 e. The van der Waals surface area contributed by atoms with Crippen LogP contribution in [0.15, 0.2) is 46.9 Å². The summed E-state index contributed by atoms with van der Waals surface area (Å²) >= 11 is 3.36. The van der Waals surface area contributed by atoms with E-state index in [1.54, 1.807) is 30.3 Å². The zero-order chi connectivity index (χ0) is 14.8. The van der Waals surface area contributed by atoms with Crippen molar-refractivity contribution in [3.05, 3.63) is 52.8 Å². The second-order valence-corrected chi connectivity index (χ2v) is 7.02. The fourth-order valence-corrected chi connectivity index (χ4v) is 2.87. The van der Waals surface area contributed by atoms with Crippen LogP contribution < -0.4 is 4.72 Å². The van der Waals surface area contributed by atoms with Crippen LogP contribution in [0, 0.1) is 5.82 Å². The van der Waals surface area contributed by atoms with Gasteiger partial charge in [0.1, 0.15) is 0 Å². The Hall–Kier alpha value is -1.40. The molecule has 0 saturated heterocycles. The molecule has 0 amide bonds. The van der Waals surface area contributed by atoms with E-state index in [-0.39, 0.29) is 11.4 Å². The van der Waals surface area contributed by atoms with Gasteiger partial charge in [-0.1, -0.05) is 46.3 Å². The Morgan fingerprint density at radius 1 is 1.10 bits per heavy atom. The van der Waals surface area contributed by atoms with Crippen LogP contribution in [0.5, 0.6) is 0 Å². The van der Waals surface area contributed by atoms with Gasteiger partial charge >= 0.3 is 0 Å².